The Morgan fingerprint density at radius 1 is 1.33 bits per heavy atom. The van der Waals surface area contributed by atoms with Crippen LogP contribution in [0, 0.1) is 0 Å². The van der Waals surface area contributed by atoms with E-state index in [1.165, 1.54) is 5.57 Å². The normalized spacial score (nSPS) is 8.50. The van der Waals surface area contributed by atoms with Crippen molar-refractivity contribution in [3.05, 3.63) is 24.3 Å². The second-order valence-electron chi connectivity index (χ2n) is 2.66. The van der Waals surface area contributed by atoms with Crippen molar-refractivity contribution in [3.63, 3.8) is 0 Å². The summed E-state index contributed by atoms with van der Waals surface area (Å²) < 4.78 is 0. The maximum atomic E-state index is 10.9. The Balaban J connectivity index is 3.44. The molecule has 0 bridgehead atoms. The van der Waals surface area contributed by atoms with Crippen molar-refractivity contribution < 1.29 is 4.79 Å². The van der Waals surface area contributed by atoms with Crippen molar-refractivity contribution in [3.8, 4) is 0 Å². The minimum Gasteiger partial charge on any atom is -0.335 e. The zero-order valence-electron chi connectivity index (χ0n) is 7.68. The molecule has 3 heteroatoms. The van der Waals surface area contributed by atoms with Gasteiger partial charge in [0.15, 0.2) is 0 Å². The van der Waals surface area contributed by atoms with Crippen molar-refractivity contribution in [2.45, 2.75) is 13.8 Å². The first-order valence-electron chi connectivity index (χ1n) is 3.92. The van der Waals surface area contributed by atoms with Crippen LogP contribution in [0.15, 0.2) is 24.3 Å². The van der Waals surface area contributed by atoms with E-state index in [9.17, 15) is 4.79 Å². The van der Waals surface area contributed by atoms with Crippen LogP contribution in [-0.4, -0.2) is 19.1 Å². The van der Waals surface area contributed by atoms with Crippen molar-refractivity contribution >= 4 is 6.03 Å². The van der Waals surface area contributed by atoms with Crippen LogP contribution >= 0.6 is 0 Å². The molecule has 68 valence electrons. The smallest absolute Gasteiger partial charge is 0.315 e. The Labute approximate surface area is 73.5 Å². The van der Waals surface area contributed by atoms with Crippen LogP contribution in [0.4, 0.5) is 4.79 Å². The molecule has 0 fully saturated rings. The van der Waals surface area contributed by atoms with Crippen molar-refractivity contribution in [1.82, 2.24) is 10.6 Å². The lowest BCUT2D eigenvalue weighted by atomic mass is 10.3. The molecule has 3 nitrogen and oxygen atoms in total. The molecule has 0 radical (unpaired) electrons. The van der Waals surface area contributed by atoms with Gasteiger partial charge in [0.25, 0.3) is 0 Å². The highest BCUT2D eigenvalue weighted by molar-refractivity contribution is 5.74. The molecule has 0 heterocycles. The number of carbonyl (C=O) groups is 1. The lowest BCUT2D eigenvalue weighted by Gasteiger charge is -2.02. The predicted molar refractivity (Wildman–Crippen MR) is 51.0 cm³/mol. The molecule has 0 spiro atoms. The van der Waals surface area contributed by atoms with E-state index in [1.807, 2.05) is 19.9 Å². The molecular formula is C9H16N2O. The monoisotopic (exact) mass is 168 g/mol. The van der Waals surface area contributed by atoms with Gasteiger partial charge in [-0.05, 0) is 13.8 Å². The number of allylic oxidation sites excluding steroid dienone is 1. The summed E-state index contributed by atoms with van der Waals surface area (Å²) in [6.07, 6.45) is 3.59. The summed E-state index contributed by atoms with van der Waals surface area (Å²) in [5.74, 6) is 0. The predicted octanol–water partition coefficient (Wildman–Crippen LogP) is 1.44. The number of urea groups is 1. The van der Waals surface area contributed by atoms with Crippen LogP contribution in [0.1, 0.15) is 13.8 Å². The Morgan fingerprint density at radius 3 is 2.42 bits per heavy atom. The summed E-state index contributed by atoms with van der Waals surface area (Å²) in [6, 6.07) is -0.160. The maximum Gasteiger partial charge on any atom is 0.315 e. The average molecular weight is 168 g/mol. The van der Waals surface area contributed by atoms with Gasteiger partial charge in [-0.1, -0.05) is 17.7 Å². The third-order valence-corrected chi connectivity index (χ3v) is 1.18. The largest absolute Gasteiger partial charge is 0.335 e. The molecule has 0 aliphatic carbocycles. The minimum absolute atomic E-state index is 0.160. The zero-order valence-corrected chi connectivity index (χ0v) is 7.68. The van der Waals surface area contributed by atoms with E-state index in [2.05, 4.69) is 17.2 Å². The average Bonchev–Trinajstić information content (AvgIpc) is 2.00. The fourth-order valence-corrected chi connectivity index (χ4v) is 0.575. The second kappa shape index (κ2) is 6.46. The first-order valence-corrected chi connectivity index (χ1v) is 3.92. The van der Waals surface area contributed by atoms with Crippen molar-refractivity contribution in [2.24, 2.45) is 0 Å². The summed E-state index contributed by atoms with van der Waals surface area (Å²) >= 11 is 0. The standard InChI is InChI=1S/C9H16N2O/c1-4-6-10-9(12)11-7-5-8(2)3/h4-5H,1,6-7H2,2-3H3,(H2,10,11,12). The van der Waals surface area contributed by atoms with Gasteiger partial charge in [0, 0.05) is 13.1 Å². The molecule has 0 saturated heterocycles. The van der Waals surface area contributed by atoms with Gasteiger partial charge in [-0.3, -0.25) is 0 Å². The second-order valence-corrected chi connectivity index (χ2v) is 2.66. The van der Waals surface area contributed by atoms with Gasteiger partial charge in [0.05, 0.1) is 0 Å². The number of hydrogen-bond acceptors (Lipinski definition) is 1. The number of carbonyl (C=O) groups excluding carboxylic acids is 1. The summed E-state index contributed by atoms with van der Waals surface area (Å²) in [5, 5.41) is 5.28. The fraction of sp³-hybridized carbons (Fsp3) is 0.444. The number of rotatable bonds is 4. The molecule has 0 rings (SSSR count). The van der Waals surface area contributed by atoms with Crippen molar-refractivity contribution in [2.75, 3.05) is 13.1 Å². The molecule has 0 aromatic carbocycles. The van der Waals surface area contributed by atoms with E-state index in [-0.39, 0.29) is 6.03 Å². The zero-order chi connectivity index (χ0) is 9.40. The topological polar surface area (TPSA) is 41.1 Å². The Morgan fingerprint density at radius 2 is 1.92 bits per heavy atom. The molecule has 0 aliphatic heterocycles. The Bertz CT molecular complexity index is 181. The Hall–Kier alpha value is -1.25. The van der Waals surface area contributed by atoms with Gasteiger partial charge in [-0.15, -0.1) is 6.58 Å². The molecule has 0 aromatic heterocycles. The van der Waals surface area contributed by atoms with Gasteiger partial charge in [-0.2, -0.15) is 0 Å². The number of nitrogens with one attached hydrogen (secondary N) is 2. The minimum atomic E-state index is -0.160. The van der Waals surface area contributed by atoms with Crippen LogP contribution in [-0.2, 0) is 0 Å². The lowest BCUT2D eigenvalue weighted by Crippen LogP contribution is -2.35. The molecule has 0 atom stereocenters. The van der Waals surface area contributed by atoms with E-state index < -0.39 is 0 Å². The van der Waals surface area contributed by atoms with Crippen LogP contribution in [0.2, 0.25) is 0 Å². The summed E-state index contributed by atoms with van der Waals surface area (Å²) in [7, 11) is 0. The van der Waals surface area contributed by atoms with Gasteiger partial charge >= 0.3 is 6.03 Å². The number of hydrogen-bond donors (Lipinski definition) is 2. The van der Waals surface area contributed by atoms with E-state index in [0.29, 0.717) is 13.1 Å². The maximum absolute atomic E-state index is 10.9. The van der Waals surface area contributed by atoms with Gasteiger partial charge < -0.3 is 10.6 Å². The molecule has 0 saturated carbocycles. The molecule has 0 aromatic rings. The van der Waals surface area contributed by atoms with E-state index in [1.54, 1.807) is 6.08 Å². The molecule has 2 amide bonds. The molecule has 12 heavy (non-hydrogen) atoms. The summed E-state index contributed by atoms with van der Waals surface area (Å²) in [6.45, 7) is 8.54. The highest BCUT2D eigenvalue weighted by Crippen LogP contribution is 1.84. The van der Waals surface area contributed by atoms with E-state index in [0.717, 1.165) is 0 Å². The van der Waals surface area contributed by atoms with Gasteiger partial charge in [0.2, 0.25) is 0 Å². The quantitative estimate of drug-likeness (QED) is 0.613. The SMILES string of the molecule is C=CCNC(=O)NCC=C(C)C. The Kier molecular flexibility index (Phi) is 5.79. The summed E-state index contributed by atoms with van der Waals surface area (Å²) in [4.78, 5) is 10.9. The number of amides is 2. The first kappa shape index (κ1) is 10.8. The highest BCUT2D eigenvalue weighted by Gasteiger charge is 1.93. The molecule has 2 N–H and O–H groups in total. The molecule has 0 unspecified atom stereocenters. The molecule has 0 aliphatic rings. The molecular weight excluding hydrogens is 152 g/mol. The van der Waals surface area contributed by atoms with Crippen LogP contribution in [0.25, 0.3) is 0 Å². The fourth-order valence-electron chi connectivity index (χ4n) is 0.575. The van der Waals surface area contributed by atoms with Gasteiger partial charge in [0.1, 0.15) is 0 Å². The third kappa shape index (κ3) is 6.86. The van der Waals surface area contributed by atoms with Crippen LogP contribution in [0.3, 0.4) is 0 Å². The van der Waals surface area contributed by atoms with Crippen LogP contribution in [0.5, 0.6) is 0 Å². The lowest BCUT2D eigenvalue weighted by molar-refractivity contribution is 0.243. The third-order valence-electron chi connectivity index (χ3n) is 1.18. The van der Waals surface area contributed by atoms with Crippen LogP contribution < -0.4 is 10.6 Å². The van der Waals surface area contributed by atoms with E-state index in [4.69, 9.17) is 0 Å². The van der Waals surface area contributed by atoms with E-state index >= 15 is 0 Å². The van der Waals surface area contributed by atoms with Crippen molar-refractivity contribution in [1.29, 1.82) is 0 Å². The van der Waals surface area contributed by atoms with Gasteiger partial charge in [-0.25, -0.2) is 4.79 Å². The highest BCUT2D eigenvalue weighted by atomic mass is 16.2. The first-order chi connectivity index (χ1) is 5.66. The summed E-state index contributed by atoms with van der Waals surface area (Å²) in [5.41, 5.74) is 1.19.